The molecule has 3 heteroatoms. The molecule has 0 saturated heterocycles. The van der Waals surface area contributed by atoms with Crippen molar-refractivity contribution in [1.82, 2.24) is 0 Å². The number of benzene rings is 1. The zero-order valence-electron chi connectivity index (χ0n) is 10.0. The van der Waals surface area contributed by atoms with Crippen LogP contribution in [-0.4, -0.2) is 15.7 Å². The van der Waals surface area contributed by atoms with E-state index in [1.807, 2.05) is 18.2 Å². The van der Waals surface area contributed by atoms with Gasteiger partial charge in [-0.2, -0.15) is 0 Å². The van der Waals surface area contributed by atoms with E-state index in [1.165, 1.54) is 5.56 Å². The zero-order chi connectivity index (χ0) is 11.8. The lowest BCUT2D eigenvalue weighted by atomic mass is 10.2. The monoisotopic (exact) mass is 256 g/mol. The van der Waals surface area contributed by atoms with E-state index in [9.17, 15) is 4.21 Å². The van der Waals surface area contributed by atoms with Gasteiger partial charge in [-0.05, 0) is 17.7 Å². The van der Waals surface area contributed by atoms with Crippen LogP contribution in [-0.2, 0) is 10.8 Å². The normalized spacial score (nSPS) is 14.6. The van der Waals surface area contributed by atoms with Gasteiger partial charge in [-0.1, -0.05) is 50.6 Å². The fourth-order valence-corrected chi connectivity index (χ4v) is 4.68. The van der Waals surface area contributed by atoms with Crippen LogP contribution in [0.4, 0.5) is 0 Å². The van der Waals surface area contributed by atoms with E-state index >= 15 is 0 Å². The molecule has 0 amide bonds. The van der Waals surface area contributed by atoms with Gasteiger partial charge in [0.15, 0.2) is 0 Å². The molecule has 90 valence electrons. The second-order valence-electron chi connectivity index (χ2n) is 3.64. The summed E-state index contributed by atoms with van der Waals surface area (Å²) in [6.45, 7) is 4.26. The number of rotatable bonds is 7. The molecule has 1 rings (SSSR count). The van der Waals surface area contributed by atoms with E-state index < -0.39 is 10.8 Å². The van der Waals surface area contributed by atoms with Crippen molar-refractivity contribution < 1.29 is 4.21 Å². The van der Waals surface area contributed by atoms with Crippen molar-refractivity contribution in [3.8, 4) is 0 Å². The van der Waals surface area contributed by atoms with Gasteiger partial charge in [-0.25, -0.2) is 0 Å². The van der Waals surface area contributed by atoms with Gasteiger partial charge in [0, 0.05) is 16.6 Å². The summed E-state index contributed by atoms with van der Waals surface area (Å²) in [7, 11) is -0.746. The Balaban J connectivity index is 2.71. The van der Waals surface area contributed by atoms with Gasteiger partial charge in [0.05, 0.1) is 0 Å². The fourth-order valence-electron chi connectivity index (χ4n) is 1.48. The SMILES string of the molecule is CCCCS(=O)C(SCC)c1ccccc1. The smallest absolute Gasteiger partial charge is 0.105 e. The van der Waals surface area contributed by atoms with Gasteiger partial charge in [0.25, 0.3) is 0 Å². The second kappa shape index (κ2) is 7.91. The molecule has 0 spiro atoms. The lowest BCUT2D eigenvalue weighted by Gasteiger charge is -2.15. The van der Waals surface area contributed by atoms with Crippen LogP contribution in [0.25, 0.3) is 0 Å². The van der Waals surface area contributed by atoms with Crippen LogP contribution in [0, 0.1) is 0 Å². The minimum absolute atomic E-state index is 0.151. The van der Waals surface area contributed by atoms with E-state index in [0.717, 1.165) is 24.3 Å². The first kappa shape index (κ1) is 13.8. The quantitative estimate of drug-likeness (QED) is 0.734. The average molecular weight is 256 g/mol. The van der Waals surface area contributed by atoms with Crippen molar-refractivity contribution >= 4 is 22.6 Å². The Labute approximate surface area is 105 Å². The highest BCUT2D eigenvalue weighted by Gasteiger charge is 2.17. The van der Waals surface area contributed by atoms with Crippen LogP contribution in [0.5, 0.6) is 0 Å². The number of hydrogen-bond acceptors (Lipinski definition) is 2. The Hall–Kier alpha value is -0.280. The third-order valence-electron chi connectivity index (χ3n) is 2.33. The Morgan fingerprint density at radius 2 is 1.94 bits per heavy atom. The highest BCUT2D eigenvalue weighted by molar-refractivity contribution is 8.10. The predicted octanol–water partition coefficient (Wildman–Crippen LogP) is 3.99. The molecule has 16 heavy (non-hydrogen) atoms. The molecule has 1 nitrogen and oxygen atoms in total. The Morgan fingerprint density at radius 1 is 1.25 bits per heavy atom. The van der Waals surface area contributed by atoms with Gasteiger partial charge in [-0.15, -0.1) is 11.8 Å². The molecule has 0 aliphatic heterocycles. The Bertz CT molecular complexity index is 311. The Kier molecular flexibility index (Phi) is 6.81. The Morgan fingerprint density at radius 3 is 2.50 bits per heavy atom. The van der Waals surface area contributed by atoms with Crippen molar-refractivity contribution in [2.45, 2.75) is 31.3 Å². The molecule has 0 N–H and O–H groups in total. The van der Waals surface area contributed by atoms with Gasteiger partial charge in [0.2, 0.25) is 0 Å². The van der Waals surface area contributed by atoms with Crippen LogP contribution in [0.3, 0.4) is 0 Å². The summed E-state index contributed by atoms with van der Waals surface area (Å²) >= 11 is 1.79. The van der Waals surface area contributed by atoms with Crippen LogP contribution in [0.15, 0.2) is 30.3 Å². The molecule has 1 aromatic carbocycles. The second-order valence-corrected chi connectivity index (χ2v) is 6.96. The van der Waals surface area contributed by atoms with Crippen molar-refractivity contribution in [2.75, 3.05) is 11.5 Å². The topological polar surface area (TPSA) is 17.1 Å². The molecular weight excluding hydrogens is 236 g/mol. The summed E-state index contributed by atoms with van der Waals surface area (Å²) in [5.41, 5.74) is 1.20. The van der Waals surface area contributed by atoms with Gasteiger partial charge in [-0.3, -0.25) is 4.21 Å². The van der Waals surface area contributed by atoms with E-state index in [2.05, 4.69) is 26.0 Å². The first-order chi connectivity index (χ1) is 7.79. The summed E-state index contributed by atoms with van der Waals surface area (Å²) in [6.07, 6.45) is 2.17. The summed E-state index contributed by atoms with van der Waals surface area (Å²) in [5.74, 6) is 1.83. The number of hydrogen-bond donors (Lipinski definition) is 0. The fraction of sp³-hybridized carbons (Fsp3) is 0.538. The molecule has 0 aliphatic carbocycles. The van der Waals surface area contributed by atoms with Gasteiger partial charge in [0.1, 0.15) is 4.58 Å². The van der Waals surface area contributed by atoms with E-state index in [4.69, 9.17) is 0 Å². The molecule has 1 aromatic rings. The highest BCUT2D eigenvalue weighted by atomic mass is 32.2. The summed E-state index contributed by atoms with van der Waals surface area (Å²) in [4.78, 5) is 0. The highest BCUT2D eigenvalue weighted by Crippen LogP contribution is 2.32. The van der Waals surface area contributed by atoms with Gasteiger partial charge >= 0.3 is 0 Å². The maximum atomic E-state index is 12.2. The van der Waals surface area contributed by atoms with Crippen molar-refractivity contribution in [2.24, 2.45) is 0 Å². The van der Waals surface area contributed by atoms with Crippen molar-refractivity contribution in [3.05, 3.63) is 35.9 Å². The summed E-state index contributed by atoms with van der Waals surface area (Å²) in [6, 6.07) is 10.2. The summed E-state index contributed by atoms with van der Waals surface area (Å²) < 4.78 is 12.3. The molecule has 0 radical (unpaired) electrons. The number of thioether (sulfide) groups is 1. The summed E-state index contributed by atoms with van der Waals surface area (Å²) in [5, 5.41) is 0. The molecule has 0 aromatic heterocycles. The maximum Gasteiger partial charge on any atom is 0.105 e. The molecule has 2 atom stereocenters. The molecule has 2 unspecified atom stereocenters. The molecule has 0 fully saturated rings. The minimum atomic E-state index is -0.746. The molecule has 0 aliphatic rings. The lowest BCUT2D eigenvalue weighted by Crippen LogP contribution is -2.07. The molecule has 0 heterocycles. The van der Waals surface area contributed by atoms with Crippen molar-refractivity contribution in [1.29, 1.82) is 0 Å². The largest absolute Gasteiger partial charge is 0.258 e. The average Bonchev–Trinajstić information content (AvgIpc) is 2.34. The molecular formula is C13H20OS2. The van der Waals surface area contributed by atoms with Crippen LogP contribution >= 0.6 is 11.8 Å². The lowest BCUT2D eigenvalue weighted by molar-refractivity contribution is 0.678. The first-order valence-corrected chi connectivity index (χ1v) is 8.26. The minimum Gasteiger partial charge on any atom is -0.258 e. The van der Waals surface area contributed by atoms with Gasteiger partial charge < -0.3 is 0 Å². The van der Waals surface area contributed by atoms with Crippen molar-refractivity contribution in [3.63, 3.8) is 0 Å². The molecule has 0 bridgehead atoms. The standard InChI is InChI=1S/C13H20OS2/c1-3-5-11-16(14)13(15-4-2)12-9-7-6-8-10-12/h6-10,13H,3-5,11H2,1-2H3. The molecule has 0 saturated carbocycles. The van der Waals surface area contributed by atoms with Crippen LogP contribution in [0.2, 0.25) is 0 Å². The maximum absolute atomic E-state index is 12.2. The third kappa shape index (κ3) is 4.30. The van der Waals surface area contributed by atoms with Crippen LogP contribution in [0.1, 0.15) is 36.8 Å². The third-order valence-corrected chi connectivity index (χ3v) is 5.73. The van der Waals surface area contributed by atoms with E-state index in [-0.39, 0.29) is 4.58 Å². The van der Waals surface area contributed by atoms with E-state index in [1.54, 1.807) is 11.8 Å². The van der Waals surface area contributed by atoms with Crippen LogP contribution < -0.4 is 0 Å². The predicted molar refractivity (Wildman–Crippen MR) is 75.2 cm³/mol. The zero-order valence-corrected chi connectivity index (χ0v) is 11.7. The first-order valence-electron chi connectivity index (χ1n) is 5.83. The number of unbranched alkanes of at least 4 members (excludes halogenated alkanes) is 1. The van der Waals surface area contributed by atoms with E-state index in [0.29, 0.717) is 0 Å².